The van der Waals surface area contributed by atoms with Crippen LogP contribution >= 0.6 is 0 Å². The molecule has 1 saturated carbocycles. The van der Waals surface area contributed by atoms with Gasteiger partial charge in [0.25, 0.3) is 5.91 Å². The normalized spacial score (nSPS) is 17.3. The predicted octanol–water partition coefficient (Wildman–Crippen LogP) is 1.29. The van der Waals surface area contributed by atoms with Crippen LogP contribution in [0.3, 0.4) is 0 Å². The molecule has 2 N–H and O–H groups in total. The molecular formula is C13H18N2O2. The molecule has 0 aliphatic heterocycles. The molecule has 0 saturated heterocycles. The van der Waals surface area contributed by atoms with Crippen molar-refractivity contribution >= 4 is 5.91 Å². The minimum Gasteiger partial charge on any atom is -0.388 e. The second-order valence-electron chi connectivity index (χ2n) is 4.65. The number of hydrogen-bond donors (Lipinski definition) is 2. The molecule has 1 amide bonds. The number of hydrogen-bond acceptors (Lipinski definition) is 3. The summed E-state index contributed by atoms with van der Waals surface area (Å²) in [4.78, 5) is 16.0. The Bertz CT molecular complexity index is 414. The Balaban J connectivity index is 1.99. The standard InChI is InChI=1S/C13H18N2O2/c1-2-10-8-14-7-4-11(10)12(16)15-9-13(17)5-3-6-13/h4,7-8,17H,2-3,5-6,9H2,1H3,(H,15,16). The first-order valence-corrected chi connectivity index (χ1v) is 6.08. The molecule has 0 bridgehead atoms. The van der Waals surface area contributed by atoms with Crippen LogP contribution in [0, 0.1) is 0 Å². The number of aliphatic hydroxyl groups is 1. The van der Waals surface area contributed by atoms with Crippen LogP contribution in [0.25, 0.3) is 0 Å². The minimum absolute atomic E-state index is 0.121. The largest absolute Gasteiger partial charge is 0.388 e. The van der Waals surface area contributed by atoms with Crippen molar-refractivity contribution in [3.63, 3.8) is 0 Å². The fraction of sp³-hybridized carbons (Fsp3) is 0.538. The number of pyridine rings is 1. The van der Waals surface area contributed by atoms with Crippen LogP contribution in [0.5, 0.6) is 0 Å². The lowest BCUT2D eigenvalue weighted by Crippen LogP contribution is -2.47. The average Bonchev–Trinajstić information content (AvgIpc) is 2.33. The van der Waals surface area contributed by atoms with Gasteiger partial charge in [-0.2, -0.15) is 0 Å². The molecular weight excluding hydrogens is 216 g/mol. The van der Waals surface area contributed by atoms with Crippen LogP contribution in [0.2, 0.25) is 0 Å². The molecule has 17 heavy (non-hydrogen) atoms. The Morgan fingerprint density at radius 3 is 2.94 bits per heavy atom. The zero-order chi connectivity index (χ0) is 12.3. The van der Waals surface area contributed by atoms with Gasteiger partial charge < -0.3 is 10.4 Å². The smallest absolute Gasteiger partial charge is 0.251 e. The van der Waals surface area contributed by atoms with E-state index in [0.29, 0.717) is 12.1 Å². The summed E-state index contributed by atoms with van der Waals surface area (Å²) >= 11 is 0. The third-order valence-corrected chi connectivity index (χ3v) is 3.39. The first-order valence-electron chi connectivity index (χ1n) is 6.08. The van der Waals surface area contributed by atoms with E-state index in [2.05, 4.69) is 10.3 Å². The first-order chi connectivity index (χ1) is 8.14. The molecule has 1 heterocycles. The predicted molar refractivity (Wildman–Crippen MR) is 64.7 cm³/mol. The minimum atomic E-state index is -0.672. The highest BCUT2D eigenvalue weighted by Gasteiger charge is 2.34. The van der Waals surface area contributed by atoms with Gasteiger partial charge in [0.1, 0.15) is 0 Å². The number of rotatable bonds is 4. The van der Waals surface area contributed by atoms with Gasteiger partial charge in [-0.05, 0) is 37.3 Å². The Morgan fingerprint density at radius 1 is 1.59 bits per heavy atom. The summed E-state index contributed by atoms with van der Waals surface area (Å²) in [7, 11) is 0. The number of aryl methyl sites for hydroxylation is 1. The van der Waals surface area contributed by atoms with Crippen LogP contribution in [0.15, 0.2) is 18.5 Å². The molecule has 1 aliphatic rings. The first kappa shape index (κ1) is 12.0. The monoisotopic (exact) mass is 234 g/mol. The SMILES string of the molecule is CCc1cnccc1C(=O)NCC1(O)CCC1. The number of nitrogens with one attached hydrogen (secondary N) is 1. The van der Waals surface area contributed by atoms with Crippen LogP contribution < -0.4 is 5.32 Å². The van der Waals surface area contributed by atoms with Crippen molar-refractivity contribution in [3.05, 3.63) is 29.6 Å². The number of carbonyl (C=O) groups excluding carboxylic acids is 1. The molecule has 1 fully saturated rings. The second-order valence-corrected chi connectivity index (χ2v) is 4.65. The van der Waals surface area contributed by atoms with Crippen LogP contribution in [0.1, 0.15) is 42.1 Å². The molecule has 0 unspecified atom stereocenters. The molecule has 2 rings (SSSR count). The number of carbonyl (C=O) groups is 1. The molecule has 0 radical (unpaired) electrons. The summed E-state index contributed by atoms with van der Waals surface area (Å²) in [5.41, 5.74) is 0.922. The fourth-order valence-electron chi connectivity index (χ4n) is 2.03. The van der Waals surface area contributed by atoms with E-state index in [1.807, 2.05) is 6.92 Å². The lowest BCUT2D eigenvalue weighted by atomic mass is 9.80. The van der Waals surface area contributed by atoms with Gasteiger partial charge in [-0.25, -0.2) is 0 Å². The molecule has 4 heteroatoms. The van der Waals surface area contributed by atoms with Crippen molar-refractivity contribution in [1.82, 2.24) is 10.3 Å². The average molecular weight is 234 g/mol. The summed E-state index contributed by atoms with van der Waals surface area (Å²) in [5.74, 6) is -0.121. The second kappa shape index (κ2) is 4.84. The van der Waals surface area contributed by atoms with E-state index in [0.717, 1.165) is 31.2 Å². The van der Waals surface area contributed by atoms with Crippen molar-refractivity contribution in [2.75, 3.05) is 6.54 Å². The van der Waals surface area contributed by atoms with Crippen molar-refractivity contribution < 1.29 is 9.90 Å². The van der Waals surface area contributed by atoms with E-state index in [1.54, 1.807) is 18.5 Å². The highest BCUT2D eigenvalue weighted by molar-refractivity contribution is 5.95. The summed E-state index contributed by atoms with van der Waals surface area (Å²) in [6.07, 6.45) is 6.72. The topological polar surface area (TPSA) is 62.2 Å². The highest BCUT2D eigenvalue weighted by atomic mass is 16.3. The maximum Gasteiger partial charge on any atom is 0.251 e. The van der Waals surface area contributed by atoms with E-state index >= 15 is 0 Å². The lowest BCUT2D eigenvalue weighted by molar-refractivity contribution is -0.0300. The zero-order valence-corrected chi connectivity index (χ0v) is 10.1. The van der Waals surface area contributed by atoms with Crippen molar-refractivity contribution in [2.45, 2.75) is 38.2 Å². The summed E-state index contributed by atoms with van der Waals surface area (Å²) in [5, 5.41) is 12.7. The Hall–Kier alpha value is -1.42. The maximum absolute atomic E-state index is 12.0. The summed E-state index contributed by atoms with van der Waals surface area (Å²) in [6, 6.07) is 1.72. The number of aromatic nitrogens is 1. The maximum atomic E-state index is 12.0. The van der Waals surface area contributed by atoms with Gasteiger partial charge in [0.2, 0.25) is 0 Å². The molecule has 0 aromatic carbocycles. The Labute approximate surface area is 101 Å². The van der Waals surface area contributed by atoms with Crippen molar-refractivity contribution in [3.8, 4) is 0 Å². The molecule has 92 valence electrons. The fourth-order valence-corrected chi connectivity index (χ4v) is 2.03. The summed E-state index contributed by atoms with van der Waals surface area (Å²) in [6.45, 7) is 2.34. The van der Waals surface area contributed by atoms with E-state index < -0.39 is 5.60 Å². The summed E-state index contributed by atoms with van der Waals surface area (Å²) < 4.78 is 0. The van der Waals surface area contributed by atoms with Crippen LogP contribution in [-0.2, 0) is 6.42 Å². The molecule has 0 spiro atoms. The highest BCUT2D eigenvalue weighted by Crippen LogP contribution is 2.30. The lowest BCUT2D eigenvalue weighted by Gasteiger charge is -2.36. The Kier molecular flexibility index (Phi) is 3.43. The van der Waals surface area contributed by atoms with Gasteiger partial charge in [-0.15, -0.1) is 0 Å². The Morgan fingerprint density at radius 2 is 2.35 bits per heavy atom. The molecule has 1 aromatic heterocycles. The van der Waals surface area contributed by atoms with Crippen molar-refractivity contribution in [2.24, 2.45) is 0 Å². The van der Waals surface area contributed by atoms with Gasteiger partial charge in [-0.3, -0.25) is 9.78 Å². The van der Waals surface area contributed by atoms with E-state index in [9.17, 15) is 9.90 Å². The third kappa shape index (κ3) is 2.64. The van der Waals surface area contributed by atoms with E-state index in [-0.39, 0.29) is 5.91 Å². The molecule has 1 aromatic rings. The molecule has 0 atom stereocenters. The van der Waals surface area contributed by atoms with Gasteiger partial charge in [-0.1, -0.05) is 6.92 Å². The van der Waals surface area contributed by atoms with Crippen molar-refractivity contribution in [1.29, 1.82) is 0 Å². The third-order valence-electron chi connectivity index (χ3n) is 3.39. The van der Waals surface area contributed by atoms with Crippen LogP contribution in [0.4, 0.5) is 0 Å². The van der Waals surface area contributed by atoms with E-state index in [1.165, 1.54) is 0 Å². The van der Waals surface area contributed by atoms with E-state index in [4.69, 9.17) is 0 Å². The van der Waals surface area contributed by atoms with Crippen LogP contribution in [-0.4, -0.2) is 28.1 Å². The quantitative estimate of drug-likeness (QED) is 0.825. The number of amides is 1. The van der Waals surface area contributed by atoms with Gasteiger partial charge in [0.15, 0.2) is 0 Å². The zero-order valence-electron chi connectivity index (χ0n) is 10.1. The van der Waals surface area contributed by atoms with Gasteiger partial charge >= 0.3 is 0 Å². The molecule has 4 nitrogen and oxygen atoms in total. The number of nitrogens with zero attached hydrogens (tertiary/aromatic N) is 1. The molecule has 1 aliphatic carbocycles. The van der Waals surface area contributed by atoms with Gasteiger partial charge in [0.05, 0.1) is 5.60 Å². The van der Waals surface area contributed by atoms with Gasteiger partial charge in [0, 0.05) is 24.5 Å².